The van der Waals surface area contributed by atoms with Gasteiger partial charge in [-0.15, -0.1) is 0 Å². The first-order valence-electron chi connectivity index (χ1n) is 11.4. The monoisotopic (exact) mass is 358 g/mol. The maximum Gasteiger partial charge on any atom is -0.0227 e. The van der Waals surface area contributed by atoms with Crippen molar-refractivity contribution in [1.29, 1.82) is 0 Å². The lowest BCUT2D eigenvalue weighted by Crippen LogP contribution is -2.13. The third-order valence-electron chi connectivity index (χ3n) is 5.31. The van der Waals surface area contributed by atoms with Crippen LogP contribution in [0.2, 0.25) is 0 Å². The first kappa shape index (κ1) is 23.3. The van der Waals surface area contributed by atoms with E-state index < -0.39 is 0 Å². The molecule has 0 amide bonds. The minimum atomic E-state index is 0.358. The summed E-state index contributed by atoms with van der Waals surface area (Å²) in [5.74, 6) is 0.786. The highest BCUT2D eigenvalue weighted by molar-refractivity contribution is 5.40. The zero-order valence-corrected chi connectivity index (χ0v) is 19.0. The van der Waals surface area contributed by atoms with Crippen LogP contribution in [0.1, 0.15) is 116 Å². The van der Waals surface area contributed by atoms with Gasteiger partial charge in [0.15, 0.2) is 0 Å². The highest BCUT2D eigenvalue weighted by Crippen LogP contribution is 2.29. The summed E-state index contributed by atoms with van der Waals surface area (Å²) in [5, 5.41) is 0. The molecule has 0 radical (unpaired) electrons. The predicted molar refractivity (Wildman–Crippen MR) is 119 cm³/mol. The fraction of sp³-hybridized carbons (Fsp3) is 0.769. The summed E-state index contributed by atoms with van der Waals surface area (Å²) in [7, 11) is 0. The Bertz CT molecular complexity index is 502. The fourth-order valence-electron chi connectivity index (χ4n) is 3.86. The van der Waals surface area contributed by atoms with Gasteiger partial charge in [0.2, 0.25) is 0 Å². The summed E-state index contributed by atoms with van der Waals surface area (Å²) >= 11 is 0. The van der Waals surface area contributed by atoms with Gasteiger partial charge in [0.25, 0.3) is 0 Å². The highest BCUT2D eigenvalue weighted by Gasteiger charge is 2.17. The lowest BCUT2D eigenvalue weighted by atomic mass is 9.81. The molecule has 0 aliphatic heterocycles. The van der Waals surface area contributed by atoms with E-state index in [9.17, 15) is 0 Å². The first-order chi connectivity index (χ1) is 12.3. The molecule has 0 bridgehead atoms. The summed E-state index contributed by atoms with van der Waals surface area (Å²) in [6, 6.07) is 5.14. The number of rotatable bonds is 12. The van der Waals surface area contributed by atoms with E-state index in [2.05, 4.69) is 60.6 Å². The minimum Gasteiger partial charge on any atom is -0.0654 e. The summed E-state index contributed by atoms with van der Waals surface area (Å²) < 4.78 is 0. The SMILES string of the molecule is CCCCCc1cc(CCC(C)C)cc(CC(C)(C)C)c1CCCCC. The fourth-order valence-corrected chi connectivity index (χ4v) is 3.86. The number of aryl methyl sites for hydroxylation is 2. The maximum absolute atomic E-state index is 2.57. The largest absolute Gasteiger partial charge is 0.0654 e. The molecular weight excluding hydrogens is 312 g/mol. The molecule has 0 N–H and O–H groups in total. The van der Waals surface area contributed by atoms with E-state index in [1.807, 2.05) is 0 Å². The van der Waals surface area contributed by atoms with Crippen molar-refractivity contribution in [1.82, 2.24) is 0 Å². The molecule has 150 valence electrons. The van der Waals surface area contributed by atoms with Crippen molar-refractivity contribution in [2.24, 2.45) is 11.3 Å². The lowest BCUT2D eigenvalue weighted by molar-refractivity contribution is 0.409. The van der Waals surface area contributed by atoms with Gasteiger partial charge < -0.3 is 0 Å². The molecule has 0 atom stereocenters. The van der Waals surface area contributed by atoms with Crippen molar-refractivity contribution in [3.8, 4) is 0 Å². The van der Waals surface area contributed by atoms with Crippen LogP contribution in [-0.2, 0) is 25.7 Å². The molecule has 0 spiro atoms. The quantitative estimate of drug-likeness (QED) is 0.329. The lowest BCUT2D eigenvalue weighted by Gasteiger charge is -2.24. The number of hydrogen-bond acceptors (Lipinski definition) is 0. The Labute approximate surface area is 165 Å². The molecule has 0 heteroatoms. The van der Waals surface area contributed by atoms with Gasteiger partial charge in [0, 0.05) is 0 Å². The van der Waals surface area contributed by atoms with Crippen molar-refractivity contribution < 1.29 is 0 Å². The van der Waals surface area contributed by atoms with E-state index in [0.29, 0.717) is 5.41 Å². The van der Waals surface area contributed by atoms with Gasteiger partial charge in [0.05, 0.1) is 0 Å². The Kier molecular flexibility index (Phi) is 10.6. The van der Waals surface area contributed by atoms with Gasteiger partial charge in [-0.1, -0.05) is 86.3 Å². The maximum atomic E-state index is 2.57. The summed E-state index contributed by atoms with van der Waals surface area (Å²) in [6.45, 7) is 16.5. The average molecular weight is 359 g/mol. The van der Waals surface area contributed by atoms with E-state index in [1.54, 1.807) is 22.3 Å². The zero-order valence-electron chi connectivity index (χ0n) is 19.0. The van der Waals surface area contributed by atoms with E-state index in [4.69, 9.17) is 0 Å². The summed E-state index contributed by atoms with van der Waals surface area (Å²) in [5.41, 5.74) is 6.98. The van der Waals surface area contributed by atoms with Gasteiger partial charge in [-0.2, -0.15) is 0 Å². The van der Waals surface area contributed by atoms with Crippen LogP contribution < -0.4 is 0 Å². The van der Waals surface area contributed by atoms with E-state index >= 15 is 0 Å². The Morgan fingerprint density at radius 2 is 1.35 bits per heavy atom. The van der Waals surface area contributed by atoms with Crippen molar-refractivity contribution >= 4 is 0 Å². The molecule has 1 rings (SSSR count). The van der Waals surface area contributed by atoms with E-state index in [1.165, 1.54) is 70.6 Å². The standard InChI is InChI=1S/C26H46/c1-8-10-12-14-23-18-22(17-16-21(3)4)19-24(20-26(5,6)7)25(23)15-13-11-9-2/h18-19,21H,8-17,20H2,1-7H3. The van der Waals surface area contributed by atoms with Gasteiger partial charge >= 0.3 is 0 Å². The Hall–Kier alpha value is -0.780. The second-order valence-corrected chi connectivity index (χ2v) is 9.98. The highest BCUT2D eigenvalue weighted by atomic mass is 14.2. The van der Waals surface area contributed by atoms with Crippen LogP contribution in [0.15, 0.2) is 12.1 Å². The van der Waals surface area contributed by atoms with Crippen LogP contribution in [-0.4, -0.2) is 0 Å². The molecule has 0 saturated heterocycles. The number of benzene rings is 1. The van der Waals surface area contributed by atoms with Crippen LogP contribution >= 0.6 is 0 Å². The van der Waals surface area contributed by atoms with Crippen LogP contribution in [0.3, 0.4) is 0 Å². The Morgan fingerprint density at radius 3 is 1.88 bits per heavy atom. The summed E-state index contributed by atoms with van der Waals surface area (Å²) in [4.78, 5) is 0. The van der Waals surface area contributed by atoms with Gasteiger partial charge in [-0.05, 0) is 78.5 Å². The van der Waals surface area contributed by atoms with Crippen LogP contribution in [0.4, 0.5) is 0 Å². The van der Waals surface area contributed by atoms with Crippen molar-refractivity contribution in [2.75, 3.05) is 0 Å². The molecule has 1 aromatic carbocycles. The Morgan fingerprint density at radius 1 is 0.769 bits per heavy atom. The van der Waals surface area contributed by atoms with Gasteiger partial charge in [-0.25, -0.2) is 0 Å². The van der Waals surface area contributed by atoms with Crippen molar-refractivity contribution in [2.45, 2.75) is 119 Å². The molecule has 1 aromatic rings. The third-order valence-corrected chi connectivity index (χ3v) is 5.31. The molecule has 0 unspecified atom stereocenters. The predicted octanol–water partition coefficient (Wildman–Crippen LogP) is 8.33. The molecule has 0 fully saturated rings. The molecule has 0 aliphatic rings. The normalized spacial score (nSPS) is 12.2. The van der Waals surface area contributed by atoms with E-state index in [0.717, 1.165) is 5.92 Å². The van der Waals surface area contributed by atoms with Crippen LogP contribution in [0, 0.1) is 11.3 Å². The average Bonchev–Trinajstić information content (AvgIpc) is 2.54. The van der Waals surface area contributed by atoms with Crippen molar-refractivity contribution in [3.05, 3.63) is 34.4 Å². The molecule has 0 nitrogen and oxygen atoms in total. The second-order valence-electron chi connectivity index (χ2n) is 9.98. The smallest absolute Gasteiger partial charge is 0.0227 e. The van der Waals surface area contributed by atoms with Crippen LogP contribution in [0.25, 0.3) is 0 Å². The molecule has 0 heterocycles. The summed E-state index contributed by atoms with van der Waals surface area (Å²) in [6.07, 6.45) is 14.4. The first-order valence-corrected chi connectivity index (χ1v) is 11.4. The second kappa shape index (κ2) is 11.8. The molecule has 26 heavy (non-hydrogen) atoms. The molecule has 0 aromatic heterocycles. The van der Waals surface area contributed by atoms with Gasteiger partial charge in [0.1, 0.15) is 0 Å². The van der Waals surface area contributed by atoms with E-state index in [-0.39, 0.29) is 0 Å². The van der Waals surface area contributed by atoms with Gasteiger partial charge in [-0.3, -0.25) is 0 Å². The molecular formula is C26H46. The molecule has 0 aliphatic carbocycles. The van der Waals surface area contributed by atoms with Crippen LogP contribution in [0.5, 0.6) is 0 Å². The topological polar surface area (TPSA) is 0 Å². The van der Waals surface area contributed by atoms with Crippen molar-refractivity contribution in [3.63, 3.8) is 0 Å². The number of hydrogen-bond donors (Lipinski definition) is 0. The minimum absolute atomic E-state index is 0.358. The molecule has 0 saturated carbocycles. The number of unbranched alkanes of at least 4 members (excludes halogenated alkanes) is 4. The zero-order chi connectivity index (χ0) is 19.6. The Balaban J connectivity index is 3.18. The third kappa shape index (κ3) is 9.24.